The summed E-state index contributed by atoms with van der Waals surface area (Å²) in [7, 11) is 0. The lowest BCUT2D eigenvalue weighted by Crippen LogP contribution is -1.90. The summed E-state index contributed by atoms with van der Waals surface area (Å²) >= 11 is 0. The van der Waals surface area contributed by atoms with Crippen molar-refractivity contribution in [2.24, 2.45) is 0 Å². The van der Waals surface area contributed by atoms with E-state index < -0.39 is 5.97 Å². The number of ketones is 1. The Labute approximate surface area is 99.8 Å². The third kappa shape index (κ3) is 4.80. The van der Waals surface area contributed by atoms with E-state index in [4.69, 9.17) is 5.11 Å². The van der Waals surface area contributed by atoms with Crippen LogP contribution in [0.3, 0.4) is 0 Å². The molecule has 1 rings (SSSR count). The molecule has 0 aliphatic rings. The standard InChI is InChI=1S/C14H12O3/c1-11(15)9-10-13-6-3-2-5-12(13)7-4-8-14(16)17/h2-3,5-6,9-10H,8H2,1H3,(H,16,17)/b10-9+. The first kappa shape index (κ1) is 12.7. The molecular formula is C14H12O3. The molecular weight excluding hydrogens is 216 g/mol. The highest BCUT2D eigenvalue weighted by atomic mass is 16.4. The van der Waals surface area contributed by atoms with Gasteiger partial charge in [0.1, 0.15) is 6.42 Å². The molecule has 0 bridgehead atoms. The number of carboxylic acids is 1. The van der Waals surface area contributed by atoms with Crippen LogP contribution in [0.15, 0.2) is 30.3 Å². The first-order valence-electron chi connectivity index (χ1n) is 5.08. The molecule has 0 aromatic heterocycles. The van der Waals surface area contributed by atoms with E-state index in [2.05, 4.69) is 11.8 Å². The first-order chi connectivity index (χ1) is 8.09. The van der Waals surface area contributed by atoms with E-state index in [0.717, 1.165) is 5.56 Å². The average molecular weight is 228 g/mol. The van der Waals surface area contributed by atoms with Gasteiger partial charge in [-0.3, -0.25) is 9.59 Å². The van der Waals surface area contributed by atoms with Crippen molar-refractivity contribution in [3.63, 3.8) is 0 Å². The van der Waals surface area contributed by atoms with Gasteiger partial charge in [0.15, 0.2) is 5.78 Å². The second kappa shape index (κ2) is 6.29. The van der Waals surface area contributed by atoms with Crippen LogP contribution in [0.5, 0.6) is 0 Å². The minimum absolute atomic E-state index is 0.0432. The lowest BCUT2D eigenvalue weighted by atomic mass is 10.1. The van der Waals surface area contributed by atoms with E-state index in [-0.39, 0.29) is 12.2 Å². The Hall–Kier alpha value is -2.34. The molecule has 0 spiro atoms. The maximum atomic E-state index is 10.8. The molecule has 1 N–H and O–H groups in total. The Morgan fingerprint density at radius 2 is 2.06 bits per heavy atom. The smallest absolute Gasteiger partial charge is 0.315 e. The normalized spacial score (nSPS) is 9.71. The summed E-state index contributed by atoms with van der Waals surface area (Å²) in [5.41, 5.74) is 1.52. The molecule has 0 saturated carbocycles. The minimum atomic E-state index is -0.950. The molecule has 0 aliphatic heterocycles. The van der Waals surface area contributed by atoms with Crippen molar-refractivity contribution >= 4 is 17.8 Å². The van der Waals surface area contributed by atoms with Crippen LogP contribution in [0.25, 0.3) is 6.08 Å². The Kier molecular flexibility index (Phi) is 4.71. The van der Waals surface area contributed by atoms with E-state index in [1.54, 1.807) is 12.1 Å². The number of carbonyl (C=O) groups is 2. The number of rotatable bonds is 3. The molecule has 86 valence electrons. The quantitative estimate of drug-likeness (QED) is 0.636. The predicted octanol–water partition coefficient (Wildman–Crippen LogP) is 2.12. The fourth-order valence-electron chi connectivity index (χ4n) is 1.18. The molecule has 0 unspecified atom stereocenters. The Balaban J connectivity index is 2.94. The molecule has 0 atom stereocenters. The SMILES string of the molecule is CC(=O)/C=C/c1ccccc1C#CCC(=O)O. The van der Waals surface area contributed by atoms with Crippen LogP contribution in [-0.4, -0.2) is 16.9 Å². The zero-order valence-electron chi connectivity index (χ0n) is 9.43. The zero-order chi connectivity index (χ0) is 12.7. The largest absolute Gasteiger partial charge is 0.481 e. The number of allylic oxidation sites excluding steroid dienone is 1. The highest BCUT2D eigenvalue weighted by Gasteiger charge is 1.95. The van der Waals surface area contributed by atoms with Gasteiger partial charge in [-0.1, -0.05) is 36.1 Å². The predicted molar refractivity (Wildman–Crippen MR) is 65.3 cm³/mol. The number of hydrogen-bond acceptors (Lipinski definition) is 2. The van der Waals surface area contributed by atoms with Crippen LogP contribution in [0.2, 0.25) is 0 Å². The first-order valence-corrected chi connectivity index (χ1v) is 5.08. The lowest BCUT2D eigenvalue weighted by Gasteiger charge is -1.96. The zero-order valence-corrected chi connectivity index (χ0v) is 9.43. The summed E-state index contributed by atoms with van der Waals surface area (Å²) in [4.78, 5) is 21.2. The molecule has 3 heteroatoms. The monoisotopic (exact) mass is 228 g/mol. The van der Waals surface area contributed by atoms with Crippen molar-refractivity contribution in [3.8, 4) is 11.8 Å². The van der Waals surface area contributed by atoms with Crippen LogP contribution in [-0.2, 0) is 9.59 Å². The van der Waals surface area contributed by atoms with Gasteiger partial charge in [-0.25, -0.2) is 0 Å². The molecule has 1 aromatic carbocycles. The molecule has 3 nitrogen and oxygen atoms in total. The number of hydrogen-bond donors (Lipinski definition) is 1. The molecule has 0 aliphatic carbocycles. The van der Waals surface area contributed by atoms with Gasteiger partial charge in [0.2, 0.25) is 0 Å². The highest BCUT2D eigenvalue weighted by Crippen LogP contribution is 2.09. The van der Waals surface area contributed by atoms with Crippen molar-refractivity contribution in [1.82, 2.24) is 0 Å². The molecule has 1 aromatic rings. The van der Waals surface area contributed by atoms with Gasteiger partial charge in [-0.15, -0.1) is 0 Å². The summed E-state index contributed by atoms with van der Waals surface area (Å²) in [6.07, 6.45) is 2.94. The molecule has 17 heavy (non-hydrogen) atoms. The van der Waals surface area contributed by atoms with Gasteiger partial charge in [-0.2, -0.15) is 0 Å². The topological polar surface area (TPSA) is 54.4 Å². The molecule has 0 amide bonds. The number of carboxylic acid groups (broad SMARTS) is 1. The van der Waals surface area contributed by atoms with Gasteiger partial charge in [-0.05, 0) is 24.6 Å². The minimum Gasteiger partial charge on any atom is -0.481 e. The van der Waals surface area contributed by atoms with E-state index in [1.807, 2.05) is 18.2 Å². The van der Waals surface area contributed by atoms with Crippen molar-refractivity contribution < 1.29 is 14.7 Å². The van der Waals surface area contributed by atoms with Crippen molar-refractivity contribution in [3.05, 3.63) is 41.5 Å². The summed E-state index contributed by atoms with van der Waals surface area (Å²) in [6, 6.07) is 7.26. The third-order valence-electron chi connectivity index (χ3n) is 1.92. The van der Waals surface area contributed by atoms with Gasteiger partial charge < -0.3 is 5.11 Å². The maximum absolute atomic E-state index is 10.8. The number of carbonyl (C=O) groups excluding carboxylic acids is 1. The maximum Gasteiger partial charge on any atom is 0.315 e. The summed E-state index contributed by atoms with van der Waals surface area (Å²) in [6.45, 7) is 1.47. The van der Waals surface area contributed by atoms with Crippen LogP contribution in [0, 0.1) is 11.8 Å². The lowest BCUT2D eigenvalue weighted by molar-refractivity contribution is -0.135. The second-order valence-corrected chi connectivity index (χ2v) is 3.40. The number of aliphatic carboxylic acids is 1. The van der Waals surface area contributed by atoms with E-state index in [0.29, 0.717) is 5.56 Å². The van der Waals surface area contributed by atoms with Crippen molar-refractivity contribution in [2.75, 3.05) is 0 Å². The fourth-order valence-corrected chi connectivity index (χ4v) is 1.18. The summed E-state index contributed by atoms with van der Waals surface area (Å²) < 4.78 is 0. The van der Waals surface area contributed by atoms with E-state index in [9.17, 15) is 9.59 Å². The van der Waals surface area contributed by atoms with Gasteiger partial charge in [0.25, 0.3) is 0 Å². The summed E-state index contributed by atoms with van der Waals surface area (Å²) in [5, 5.41) is 8.48. The highest BCUT2D eigenvalue weighted by molar-refractivity contribution is 5.91. The van der Waals surface area contributed by atoms with Gasteiger partial charge in [0.05, 0.1) is 0 Å². The Morgan fingerprint density at radius 1 is 1.35 bits per heavy atom. The Bertz CT molecular complexity index is 516. The average Bonchev–Trinajstić information content (AvgIpc) is 2.27. The van der Waals surface area contributed by atoms with Crippen LogP contribution in [0.4, 0.5) is 0 Å². The second-order valence-electron chi connectivity index (χ2n) is 3.40. The molecule has 0 saturated heterocycles. The van der Waals surface area contributed by atoms with Crippen molar-refractivity contribution in [2.45, 2.75) is 13.3 Å². The summed E-state index contributed by atoms with van der Waals surface area (Å²) in [5.74, 6) is 4.34. The Morgan fingerprint density at radius 3 is 2.71 bits per heavy atom. The molecule has 0 heterocycles. The number of benzene rings is 1. The van der Waals surface area contributed by atoms with E-state index >= 15 is 0 Å². The third-order valence-corrected chi connectivity index (χ3v) is 1.92. The molecule has 0 radical (unpaired) electrons. The van der Waals surface area contributed by atoms with E-state index in [1.165, 1.54) is 13.0 Å². The van der Waals surface area contributed by atoms with Crippen LogP contribution in [0.1, 0.15) is 24.5 Å². The van der Waals surface area contributed by atoms with Crippen LogP contribution < -0.4 is 0 Å². The van der Waals surface area contributed by atoms with Crippen LogP contribution >= 0.6 is 0 Å². The van der Waals surface area contributed by atoms with Crippen molar-refractivity contribution in [1.29, 1.82) is 0 Å². The molecule has 0 fully saturated rings. The van der Waals surface area contributed by atoms with Gasteiger partial charge >= 0.3 is 5.97 Å². The fraction of sp³-hybridized carbons (Fsp3) is 0.143. The van der Waals surface area contributed by atoms with Gasteiger partial charge in [0, 0.05) is 5.56 Å².